The van der Waals surface area contributed by atoms with Crippen molar-refractivity contribution in [3.05, 3.63) is 33.8 Å². The van der Waals surface area contributed by atoms with Crippen molar-refractivity contribution in [2.75, 3.05) is 19.8 Å². The number of halogens is 1. The molecule has 2 aliphatic heterocycles. The molecule has 1 saturated heterocycles. The van der Waals surface area contributed by atoms with E-state index in [4.69, 9.17) is 25.8 Å². The number of ether oxygens (including phenoxy) is 3. The highest BCUT2D eigenvalue weighted by molar-refractivity contribution is 7.90. The van der Waals surface area contributed by atoms with Crippen LogP contribution in [0.2, 0.25) is 5.02 Å². The molecule has 1 N–H and O–H groups in total. The van der Waals surface area contributed by atoms with Crippen molar-refractivity contribution >= 4 is 23.0 Å². The smallest absolute Gasteiger partial charge is 0.157 e. The molecule has 7 heteroatoms. The zero-order valence-electron chi connectivity index (χ0n) is 16.4. The van der Waals surface area contributed by atoms with E-state index in [-0.39, 0.29) is 17.1 Å². The predicted molar refractivity (Wildman–Crippen MR) is 108 cm³/mol. The van der Waals surface area contributed by atoms with E-state index in [9.17, 15) is 4.55 Å². The maximum Gasteiger partial charge on any atom is 0.157 e. The number of rotatable bonds is 6. The molecular weight excluding hydrogens is 386 g/mol. The van der Waals surface area contributed by atoms with Crippen molar-refractivity contribution < 1.29 is 18.8 Å². The average molecular weight is 416 g/mol. The lowest BCUT2D eigenvalue weighted by Crippen LogP contribution is -2.42. The van der Waals surface area contributed by atoms with Crippen LogP contribution in [-0.2, 0) is 38.6 Å². The summed E-state index contributed by atoms with van der Waals surface area (Å²) in [6.07, 6.45) is 3.10. The van der Waals surface area contributed by atoms with Crippen molar-refractivity contribution in [3.8, 4) is 0 Å². The van der Waals surface area contributed by atoms with E-state index in [0.29, 0.717) is 18.2 Å². The van der Waals surface area contributed by atoms with Gasteiger partial charge in [-0.2, -0.15) is 0 Å². The van der Waals surface area contributed by atoms with Gasteiger partial charge in [0.05, 0.1) is 32.5 Å². The van der Waals surface area contributed by atoms with Gasteiger partial charge in [-0.05, 0) is 68.9 Å². The first-order valence-corrected chi connectivity index (χ1v) is 11.2. The molecule has 1 aromatic carbocycles. The first-order valence-electron chi connectivity index (χ1n) is 9.65. The molecule has 5 nitrogen and oxygen atoms in total. The van der Waals surface area contributed by atoms with Gasteiger partial charge in [0.15, 0.2) is 6.29 Å². The summed E-state index contributed by atoms with van der Waals surface area (Å²) in [4.78, 5) is 0. The summed E-state index contributed by atoms with van der Waals surface area (Å²) in [5.41, 5.74) is 3.51. The van der Waals surface area contributed by atoms with Crippen molar-refractivity contribution in [1.82, 2.24) is 4.72 Å². The molecule has 2 atom stereocenters. The lowest BCUT2D eigenvalue weighted by atomic mass is 9.91. The predicted octanol–water partition coefficient (Wildman–Crippen LogP) is 4.05. The van der Waals surface area contributed by atoms with Gasteiger partial charge in [0.2, 0.25) is 0 Å². The van der Waals surface area contributed by atoms with Gasteiger partial charge < -0.3 is 18.8 Å². The number of hydrogen-bond donors (Lipinski definition) is 1. The van der Waals surface area contributed by atoms with Crippen molar-refractivity contribution in [3.63, 3.8) is 0 Å². The Morgan fingerprint density at radius 3 is 2.70 bits per heavy atom. The summed E-state index contributed by atoms with van der Waals surface area (Å²) in [5.74, 6) is 0. The van der Waals surface area contributed by atoms with Crippen LogP contribution in [0.15, 0.2) is 12.1 Å². The first-order chi connectivity index (χ1) is 12.8. The Labute approximate surface area is 170 Å². The Morgan fingerprint density at radius 1 is 1.26 bits per heavy atom. The molecule has 27 heavy (non-hydrogen) atoms. The van der Waals surface area contributed by atoms with Crippen LogP contribution in [0.1, 0.15) is 62.8 Å². The van der Waals surface area contributed by atoms with Crippen LogP contribution in [0.4, 0.5) is 0 Å². The third kappa shape index (κ3) is 5.82. The number of hydrogen-bond acceptors (Lipinski definition) is 5. The minimum atomic E-state index is -1.19. The van der Waals surface area contributed by atoms with Gasteiger partial charge in [-0.25, -0.2) is 0 Å². The van der Waals surface area contributed by atoms with Crippen LogP contribution in [0.25, 0.3) is 0 Å². The standard InChI is InChI=1S/C20H30ClNO4S/c1-20(2,3)27(23)22-18(5-6-19-25-8-4-9-26-19)17-12-15(21)11-14-13-24-10-7-16(14)17/h11-12,18-19,22H,4-10,13H2,1-3H3/t18-,27?/m0/s1. The number of fused-ring (bicyclic) bond motifs is 1. The van der Waals surface area contributed by atoms with E-state index in [1.807, 2.05) is 32.9 Å². The third-order valence-electron chi connectivity index (χ3n) is 4.86. The summed E-state index contributed by atoms with van der Waals surface area (Å²) in [6.45, 7) is 8.67. The van der Waals surface area contributed by atoms with E-state index in [2.05, 4.69) is 4.72 Å². The van der Waals surface area contributed by atoms with Gasteiger partial charge in [0, 0.05) is 22.8 Å². The van der Waals surface area contributed by atoms with Gasteiger partial charge in [0.1, 0.15) is 4.75 Å². The highest BCUT2D eigenvalue weighted by Crippen LogP contribution is 2.33. The molecule has 1 aromatic rings. The maximum absolute atomic E-state index is 12.8. The topological polar surface area (TPSA) is 62.8 Å². The SMILES string of the molecule is CC(C)(C)[S+]([O-])N[C@@H](CCC1OCCCO1)c1cc(Cl)cc2c1CCOC2. The molecule has 2 aliphatic rings. The molecule has 152 valence electrons. The summed E-state index contributed by atoms with van der Waals surface area (Å²) in [7, 11) is 0. The van der Waals surface area contributed by atoms with Crippen molar-refractivity contribution in [2.45, 2.75) is 70.1 Å². The minimum absolute atomic E-state index is 0.0789. The third-order valence-corrected chi connectivity index (χ3v) is 6.69. The molecule has 2 heterocycles. The quantitative estimate of drug-likeness (QED) is 0.710. The number of benzene rings is 1. The molecule has 1 unspecified atom stereocenters. The van der Waals surface area contributed by atoms with E-state index in [1.54, 1.807) is 0 Å². The zero-order valence-corrected chi connectivity index (χ0v) is 18.0. The summed E-state index contributed by atoms with van der Waals surface area (Å²) >= 11 is 5.20. The second-order valence-electron chi connectivity index (χ2n) is 8.09. The van der Waals surface area contributed by atoms with Gasteiger partial charge in [-0.1, -0.05) is 11.6 Å². The van der Waals surface area contributed by atoms with Crippen LogP contribution in [0, 0.1) is 0 Å². The Balaban J connectivity index is 1.83. The molecular formula is C20H30ClNO4S. The van der Waals surface area contributed by atoms with E-state index in [1.165, 1.54) is 5.56 Å². The molecule has 0 aromatic heterocycles. The van der Waals surface area contributed by atoms with E-state index in [0.717, 1.165) is 50.0 Å². The number of nitrogens with one attached hydrogen (secondary N) is 1. The highest BCUT2D eigenvalue weighted by atomic mass is 35.5. The molecule has 0 bridgehead atoms. The second-order valence-corrected chi connectivity index (χ2v) is 10.5. The van der Waals surface area contributed by atoms with Crippen LogP contribution in [0.3, 0.4) is 0 Å². The summed E-state index contributed by atoms with van der Waals surface area (Å²) < 4.78 is 32.8. The van der Waals surface area contributed by atoms with Gasteiger partial charge in [-0.15, -0.1) is 4.72 Å². The Kier molecular flexibility index (Phi) is 7.47. The molecule has 0 spiro atoms. The maximum atomic E-state index is 12.8. The van der Waals surface area contributed by atoms with E-state index >= 15 is 0 Å². The van der Waals surface area contributed by atoms with Crippen LogP contribution >= 0.6 is 11.6 Å². The molecule has 0 amide bonds. The minimum Gasteiger partial charge on any atom is -0.598 e. The molecule has 0 aliphatic carbocycles. The lowest BCUT2D eigenvalue weighted by molar-refractivity contribution is -0.182. The van der Waals surface area contributed by atoms with Crippen molar-refractivity contribution in [1.29, 1.82) is 0 Å². The zero-order chi connectivity index (χ0) is 19.4. The van der Waals surface area contributed by atoms with Crippen LogP contribution in [0.5, 0.6) is 0 Å². The first kappa shape index (κ1) is 21.4. The fourth-order valence-electron chi connectivity index (χ4n) is 3.41. The fourth-order valence-corrected chi connectivity index (χ4v) is 4.51. The summed E-state index contributed by atoms with van der Waals surface area (Å²) in [6, 6.07) is 3.90. The van der Waals surface area contributed by atoms with Gasteiger partial charge in [-0.3, -0.25) is 0 Å². The highest BCUT2D eigenvalue weighted by Gasteiger charge is 2.32. The largest absolute Gasteiger partial charge is 0.598 e. The fraction of sp³-hybridized carbons (Fsp3) is 0.700. The average Bonchev–Trinajstić information content (AvgIpc) is 2.64. The Hall–Kier alpha value is -0.340. The van der Waals surface area contributed by atoms with Crippen molar-refractivity contribution in [2.24, 2.45) is 0 Å². The van der Waals surface area contributed by atoms with Crippen LogP contribution in [-0.4, -0.2) is 35.4 Å². The lowest BCUT2D eigenvalue weighted by Gasteiger charge is -2.31. The Morgan fingerprint density at radius 2 is 2.00 bits per heavy atom. The molecule has 0 saturated carbocycles. The van der Waals surface area contributed by atoms with Crippen LogP contribution < -0.4 is 4.72 Å². The van der Waals surface area contributed by atoms with Gasteiger partial charge in [0.25, 0.3) is 0 Å². The molecule has 3 rings (SSSR count). The normalized spacial score (nSPS) is 20.9. The second kappa shape index (κ2) is 9.44. The molecule has 0 radical (unpaired) electrons. The van der Waals surface area contributed by atoms with E-state index < -0.39 is 11.4 Å². The van der Waals surface area contributed by atoms with Gasteiger partial charge >= 0.3 is 0 Å². The summed E-state index contributed by atoms with van der Waals surface area (Å²) in [5, 5.41) is 0.688. The molecule has 1 fully saturated rings. The Bertz CT molecular complexity index is 631. The monoisotopic (exact) mass is 415 g/mol.